The van der Waals surface area contributed by atoms with Gasteiger partial charge in [0, 0.05) is 97.9 Å². The molecule has 24 heteroatoms. The van der Waals surface area contributed by atoms with Crippen molar-refractivity contribution in [3.63, 3.8) is 0 Å². The highest BCUT2D eigenvalue weighted by Gasteiger charge is 2.37. The first-order valence-electron chi connectivity index (χ1n) is 36.4. The van der Waals surface area contributed by atoms with Crippen LogP contribution in [0.25, 0.3) is 112 Å². The Balaban J connectivity index is 0.000000174. The van der Waals surface area contributed by atoms with Gasteiger partial charge in [-0.15, -0.1) is 0 Å². The summed E-state index contributed by atoms with van der Waals surface area (Å²) in [7, 11) is 1.34. The van der Waals surface area contributed by atoms with E-state index in [-0.39, 0.29) is 36.1 Å². The molecule has 12 aromatic rings. The van der Waals surface area contributed by atoms with Gasteiger partial charge in [0.05, 0.1) is 18.2 Å². The quantitative estimate of drug-likeness (QED) is 0.0550. The van der Waals surface area contributed by atoms with Gasteiger partial charge in [-0.2, -0.15) is 28.1 Å². The van der Waals surface area contributed by atoms with E-state index in [1.165, 1.54) is 19.2 Å². The Morgan fingerprint density at radius 2 is 0.853 bits per heavy atom. The molecule has 8 aromatic carbocycles. The molecule has 4 aliphatic heterocycles. The Labute approximate surface area is 626 Å². The van der Waals surface area contributed by atoms with Gasteiger partial charge in [-0.05, 0) is 194 Å². The first-order chi connectivity index (χ1) is 52.3. The predicted molar refractivity (Wildman–Crippen MR) is 402 cm³/mol. The molecular weight excluding hydrogens is 1400 g/mol. The Hall–Kier alpha value is -11.3. The Morgan fingerprint density at radius 3 is 1.20 bits per heavy atom. The number of halogens is 4. The van der Waals surface area contributed by atoms with Crippen LogP contribution < -0.4 is 9.47 Å². The van der Waals surface area contributed by atoms with Gasteiger partial charge in [-0.1, -0.05) is 76.2 Å². The molecule has 1 N–H and O–H groups in total. The van der Waals surface area contributed by atoms with Gasteiger partial charge < -0.3 is 37.0 Å². The van der Waals surface area contributed by atoms with E-state index in [1.54, 1.807) is 17.0 Å². The molecule has 4 aliphatic rings. The number of rotatable bonds is 20. The average Bonchev–Trinajstić information content (AvgIpc) is 1.59. The number of methoxy groups -OCH3 is 1. The van der Waals surface area contributed by atoms with Crippen LogP contribution in [0.5, 0.6) is 11.5 Å². The van der Waals surface area contributed by atoms with E-state index >= 15 is 0 Å². The van der Waals surface area contributed by atoms with Crippen LogP contribution in [0.15, 0.2) is 139 Å². The van der Waals surface area contributed by atoms with E-state index in [0.717, 1.165) is 124 Å². The summed E-state index contributed by atoms with van der Waals surface area (Å²) in [5, 5.41) is 29.7. The first-order valence-corrected chi connectivity index (χ1v) is 36.4. The molecule has 4 aromatic heterocycles. The number of nitriles is 2. The minimum absolute atomic E-state index is 0.0314. The van der Waals surface area contributed by atoms with Crippen LogP contribution >= 0.6 is 0 Å². The molecule has 0 spiro atoms. The SMILES string of the molecule is COC(=O)[C@@H]1CCCN1Cc1cc2nc(-c3cccc(-c4cccc(-c5nc6cc(CN7CC(C)(C)C7)cc(C#N)c6o5)c4C)c3C)oc2cc1OC(F)F.Cc1c(-c2nc3cc(CN4CCC[C@H]4C(=O)O)c(OC(F)F)cc3o2)cccc1-c1cccc(-c2nc3cc(CN4CC(C)(C)C4)cc(C#N)c3o2)c1C. The third-order valence-electron chi connectivity index (χ3n) is 21.4. The number of benzene rings is 8. The third kappa shape index (κ3) is 14.7. The zero-order valence-electron chi connectivity index (χ0n) is 61.9. The Morgan fingerprint density at radius 1 is 0.505 bits per heavy atom. The molecule has 0 saturated carbocycles. The second kappa shape index (κ2) is 29.4. The van der Waals surface area contributed by atoms with Gasteiger partial charge >= 0.3 is 25.2 Å². The van der Waals surface area contributed by atoms with Crippen LogP contribution in [-0.4, -0.2) is 128 Å². The van der Waals surface area contributed by atoms with Gasteiger partial charge in [0.1, 0.15) is 57.8 Å². The summed E-state index contributed by atoms with van der Waals surface area (Å²) in [6.07, 6.45) is 2.60. The summed E-state index contributed by atoms with van der Waals surface area (Å²) >= 11 is 0. The van der Waals surface area contributed by atoms with Gasteiger partial charge in [0.25, 0.3) is 0 Å². The fourth-order valence-corrected chi connectivity index (χ4v) is 16.5. The molecule has 2 atom stereocenters. The van der Waals surface area contributed by atoms with Crippen molar-refractivity contribution < 1.29 is 64.1 Å². The number of carbonyl (C=O) groups excluding carboxylic acids is 1. The lowest BCUT2D eigenvalue weighted by atomic mass is 9.84. The zero-order valence-corrected chi connectivity index (χ0v) is 61.9. The molecule has 0 unspecified atom stereocenters. The molecule has 16 rings (SSSR count). The highest BCUT2D eigenvalue weighted by Crippen LogP contribution is 2.44. The molecule has 0 aliphatic carbocycles. The fourth-order valence-electron chi connectivity index (χ4n) is 16.5. The Bertz CT molecular complexity index is 5650. The maximum Gasteiger partial charge on any atom is 0.387 e. The van der Waals surface area contributed by atoms with Crippen molar-refractivity contribution >= 4 is 56.3 Å². The third-order valence-corrected chi connectivity index (χ3v) is 21.4. The van der Waals surface area contributed by atoms with Crippen molar-refractivity contribution in [1.82, 2.24) is 39.5 Å². The Kier molecular flexibility index (Phi) is 19.7. The lowest BCUT2D eigenvalue weighted by Gasteiger charge is -2.46. The molecular formula is C85H80F4N10O10. The second-order valence-corrected chi connectivity index (χ2v) is 30.5. The minimum atomic E-state index is -3.07. The largest absolute Gasteiger partial charge is 0.480 e. The summed E-state index contributed by atoms with van der Waals surface area (Å²) in [6.45, 7) is 17.9. The highest BCUT2D eigenvalue weighted by molar-refractivity contribution is 5.89. The van der Waals surface area contributed by atoms with E-state index in [1.807, 2.05) is 130 Å². The molecule has 0 amide bonds. The first kappa shape index (κ1) is 73.2. The van der Waals surface area contributed by atoms with Gasteiger partial charge in [0.15, 0.2) is 22.3 Å². The van der Waals surface area contributed by atoms with Gasteiger partial charge in [0.2, 0.25) is 23.6 Å². The smallest absolute Gasteiger partial charge is 0.387 e. The number of esters is 1. The minimum Gasteiger partial charge on any atom is -0.480 e. The number of aromatic nitrogens is 4. The van der Waals surface area contributed by atoms with Crippen LogP contribution in [0.4, 0.5) is 17.6 Å². The van der Waals surface area contributed by atoms with Crippen molar-refractivity contribution in [2.45, 2.75) is 133 Å². The number of ether oxygens (including phenoxy) is 3. The number of nitrogens with zero attached hydrogens (tertiary/aromatic N) is 10. The summed E-state index contributed by atoms with van der Waals surface area (Å²) in [6, 6.07) is 41.0. The van der Waals surface area contributed by atoms with E-state index < -0.39 is 31.3 Å². The molecule has 109 heavy (non-hydrogen) atoms. The van der Waals surface area contributed by atoms with Crippen molar-refractivity contribution in [3.05, 3.63) is 177 Å². The summed E-state index contributed by atoms with van der Waals surface area (Å²) in [4.78, 5) is 51.9. The standard InChI is InChI=1S/C43H41F2N5O5.C42H39F2N5O5/c1-24-29(30-10-7-12-32(25(30)2)40-48-34-16-26(15-27(19-46)38(34)55-40)20-49-22-43(3,4)23-49)9-6-11-31(24)39-47-33-17-28(36(54-42(44)45)18-37(33)53-39)21-50-14-8-13-35(50)41(51)52-5;1-23-28(29-9-6-11-31(24(29)2)39-47-33-15-25(14-26(18-45)37(33)54-39)19-48-21-42(3,4)22-48)8-5-10-30(23)38-46-32-16-27(20-49-13-7-12-34(49)40(50)51)35(53-41(43)44)17-36(32)52-38/h6-7,9-12,15-18,35,42H,8,13-14,20-23H2,1-5H3;5-6,8-11,14-17,34,41H,7,12-13,19-22H2,1-4H3,(H,50,51)/t35-;34-/m00/s1. The molecule has 4 saturated heterocycles. The molecule has 20 nitrogen and oxygen atoms in total. The van der Waals surface area contributed by atoms with Crippen LogP contribution in [-0.2, 0) is 40.5 Å². The van der Waals surface area contributed by atoms with Gasteiger partial charge in [-0.3, -0.25) is 29.2 Å². The number of hydrogen-bond acceptors (Lipinski definition) is 19. The molecule has 0 radical (unpaired) electrons. The number of hydrogen-bond donors (Lipinski definition) is 1. The average molecular weight is 1480 g/mol. The fraction of sp³-hybridized carbons (Fsp3) is 0.341. The van der Waals surface area contributed by atoms with E-state index in [4.69, 9.17) is 51.8 Å². The molecule has 558 valence electrons. The predicted octanol–water partition coefficient (Wildman–Crippen LogP) is 18.0. The number of carbonyl (C=O) groups is 2. The number of likely N-dealkylation sites (tertiary alicyclic amines) is 4. The maximum absolute atomic E-state index is 13.6. The summed E-state index contributed by atoms with van der Waals surface area (Å²) < 4.78 is 93.9. The van der Waals surface area contributed by atoms with E-state index in [2.05, 4.69) is 49.6 Å². The monoisotopic (exact) mass is 1480 g/mol. The van der Waals surface area contributed by atoms with Crippen molar-refractivity contribution in [2.75, 3.05) is 46.4 Å². The van der Waals surface area contributed by atoms with Crippen molar-refractivity contribution in [1.29, 1.82) is 10.5 Å². The van der Waals surface area contributed by atoms with Gasteiger partial charge in [-0.25, -0.2) is 19.9 Å². The molecule has 0 bridgehead atoms. The van der Waals surface area contributed by atoms with Crippen LogP contribution in [0.2, 0.25) is 0 Å². The van der Waals surface area contributed by atoms with Crippen molar-refractivity contribution in [2.24, 2.45) is 10.8 Å². The molecule has 4 fully saturated rings. The second-order valence-electron chi connectivity index (χ2n) is 30.5. The summed E-state index contributed by atoms with van der Waals surface area (Å²) in [5.41, 5.74) is 18.7. The topological polar surface area (TPSA) is 247 Å². The van der Waals surface area contributed by atoms with Crippen LogP contribution in [0.1, 0.15) is 109 Å². The highest BCUT2D eigenvalue weighted by atomic mass is 19.3. The molecule has 8 heterocycles. The van der Waals surface area contributed by atoms with Crippen LogP contribution in [0, 0.1) is 61.2 Å². The number of aliphatic carboxylic acids is 1. The summed E-state index contributed by atoms with van der Waals surface area (Å²) in [5.74, 6) is 0.0985. The zero-order chi connectivity index (χ0) is 76.5. The lowest BCUT2D eigenvalue weighted by molar-refractivity contribution is -0.146. The van der Waals surface area contributed by atoms with E-state index in [0.29, 0.717) is 128 Å². The number of fused-ring (bicyclic) bond motifs is 4. The normalized spacial score (nSPS) is 17.3. The number of carboxylic acid groups (broad SMARTS) is 1. The number of alkyl halides is 4. The lowest BCUT2D eigenvalue weighted by Crippen LogP contribution is -2.52. The maximum atomic E-state index is 13.6. The van der Waals surface area contributed by atoms with Crippen LogP contribution in [0.3, 0.4) is 0 Å². The van der Waals surface area contributed by atoms with E-state index in [9.17, 15) is 42.8 Å². The van der Waals surface area contributed by atoms with Crippen molar-refractivity contribution in [3.8, 4) is 91.7 Å². The number of oxazole rings is 4. The number of carboxylic acids is 1.